The number of rotatable bonds is 6. The van der Waals surface area contributed by atoms with E-state index < -0.39 is 17.7 Å². The van der Waals surface area contributed by atoms with Gasteiger partial charge < -0.3 is 14.7 Å². The lowest BCUT2D eigenvalue weighted by Gasteiger charge is -2.29. The number of hydrogen-bond acceptors (Lipinski definition) is 6. The van der Waals surface area contributed by atoms with Gasteiger partial charge in [-0.25, -0.2) is 0 Å². The maximum Gasteiger partial charge on any atom is 0.295 e. The minimum absolute atomic E-state index is 0.119. The van der Waals surface area contributed by atoms with Crippen molar-refractivity contribution in [3.05, 3.63) is 71.1 Å². The summed E-state index contributed by atoms with van der Waals surface area (Å²) in [4.78, 5) is 34.0. The van der Waals surface area contributed by atoms with E-state index in [0.717, 1.165) is 44.8 Å². The SMILES string of the molecule is Cc1ccc(C(O)=C2C(=O)C(=O)N(CCCN3CCOCC3)[C@H]2c2cccnc2)cc1. The van der Waals surface area contributed by atoms with Gasteiger partial charge in [0.15, 0.2) is 0 Å². The van der Waals surface area contributed by atoms with Gasteiger partial charge in [-0.1, -0.05) is 35.9 Å². The van der Waals surface area contributed by atoms with Crippen LogP contribution in [0.2, 0.25) is 0 Å². The number of Topliss-reactive ketones (excluding diaryl/α,β-unsaturated/α-hetero) is 1. The van der Waals surface area contributed by atoms with E-state index in [-0.39, 0.29) is 11.3 Å². The number of aryl methyl sites for hydroxylation is 1. The molecule has 1 aromatic heterocycles. The van der Waals surface area contributed by atoms with E-state index in [2.05, 4.69) is 9.88 Å². The topological polar surface area (TPSA) is 83.0 Å². The van der Waals surface area contributed by atoms with E-state index in [1.807, 2.05) is 25.1 Å². The standard InChI is InChI=1S/C24H27N3O4/c1-17-5-7-18(8-6-17)22(28)20-21(19-4-2-9-25-16-19)27(24(30)23(20)29)11-3-10-26-12-14-31-15-13-26/h2,4-9,16,21,28H,3,10-15H2,1H3/t21-/m0/s1. The third-order valence-corrected chi connectivity index (χ3v) is 5.84. The Morgan fingerprint density at radius 3 is 2.55 bits per heavy atom. The van der Waals surface area contributed by atoms with Crippen LogP contribution in [0, 0.1) is 6.92 Å². The van der Waals surface area contributed by atoms with E-state index in [1.54, 1.807) is 35.5 Å². The first-order chi connectivity index (χ1) is 15.1. The fourth-order valence-corrected chi connectivity index (χ4v) is 4.15. The van der Waals surface area contributed by atoms with Crippen LogP contribution < -0.4 is 0 Å². The van der Waals surface area contributed by atoms with Crippen molar-refractivity contribution in [2.24, 2.45) is 0 Å². The predicted octanol–water partition coefficient (Wildman–Crippen LogP) is 2.53. The molecule has 2 fully saturated rings. The summed E-state index contributed by atoms with van der Waals surface area (Å²) in [5, 5.41) is 11.0. The molecule has 2 aliphatic rings. The van der Waals surface area contributed by atoms with Crippen LogP contribution in [0.3, 0.4) is 0 Å². The molecule has 2 saturated heterocycles. The number of aliphatic hydroxyl groups excluding tert-OH is 1. The Labute approximate surface area is 182 Å². The smallest absolute Gasteiger partial charge is 0.295 e. The Bertz CT molecular complexity index is 966. The number of ether oxygens (including phenoxy) is 1. The van der Waals surface area contributed by atoms with Crippen LogP contribution >= 0.6 is 0 Å². The molecule has 0 bridgehead atoms. The normalized spacial score (nSPS) is 21.6. The maximum absolute atomic E-state index is 13.0. The number of aromatic nitrogens is 1. The zero-order valence-corrected chi connectivity index (χ0v) is 17.7. The van der Waals surface area contributed by atoms with Gasteiger partial charge in [0.1, 0.15) is 5.76 Å². The number of ketones is 1. The molecule has 3 heterocycles. The Morgan fingerprint density at radius 2 is 1.87 bits per heavy atom. The second kappa shape index (κ2) is 9.41. The predicted molar refractivity (Wildman–Crippen MR) is 116 cm³/mol. The summed E-state index contributed by atoms with van der Waals surface area (Å²) < 4.78 is 5.38. The van der Waals surface area contributed by atoms with Crippen molar-refractivity contribution in [1.29, 1.82) is 0 Å². The van der Waals surface area contributed by atoms with Crippen LogP contribution in [0.25, 0.3) is 5.76 Å². The highest BCUT2D eigenvalue weighted by Gasteiger charge is 2.45. The Balaban J connectivity index is 1.64. The number of pyridine rings is 1. The molecule has 0 spiro atoms. The van der Waals surface area contributed by atoms with E-state index in [1.165, 1.54) is 0 Å². The second-order valence-corrected chi connectivity index (χ2v) is 7.95. The number of nitrogens with zero attached hydrogens (tertiary/aromatic N) is 3. The average molecular weight is 421 g/mol. The number of morpholine rings is 1. The summed E-state index contributed by atoms with van der Waals surface area (Å²) in [5.41, 5.74) is 2.39. The average Bonchev–Trinajstić information content (AvgIpc) is 3.05. The van der Waals surface area contributed by atoms with Gasteiger partial charge in [0.05, 0.1) is 24.8 Å². The van der Waals surface area contributed by atoms with Crippen molar-refractivity contribution >= 4 is 17.4 Å². The molecule has 0 radical (unpaired) electrons. The van der Waals surface area contributed by atoms with Gasteiger partial charge >= 0.3 is 0 Å². The lowest BCUT2D eigenvalue weighted by molar-refractivity contribution is -0.140. The molecular formula is C24H27N3O4. The fourth-order valence-electron chi connectivity index (χ4n) is 4.15. The quantitative estimate of drug-likeness (QED) is 0.439. The minimum Gasteiger partial charge on any atom is -0.507 e. The first-order valence-corrected chi connectivity index (χ1v) is 10.6. The van der Waals surface area contributed by atoms with E-state index in [4.69, 9.17) is 4.74 Å². The van der Waals surface area contributed by atoms with Crippen LogP contribution in [0.1, 0.15) is 29.2 Å². The summed E-state index contributed by atoms with van der Waals surface area (Å²) in [6.45, 7) is 6.38. The lowest BCUT2D eigenvalue weighted by Crippen LogP contribution is -2.39. The summed E-state index contributed by atoms with van der Waals surface area (Å²) in [6.07, 6.45) is 4.02. The van der Waals surface area contributed by atoms with Gasteiger partial charge in [-0.05, 0) is 25.0 Å². The highest BCUT2D eigenvalue weighted by Crippen LogP contribution is 2.39. The number of benzene rings is 1. The molecule has 0 aliphatic carbocycles. The molecule has 4 rings (SSSR count). The van der Waals surface area contributed by atoms with Gasteiger partial charge in [0.25, 0.3) is 11.7 Å². The van der Waals surface area contributed by atoms with Crippen LogP contribution in [-0.2, 0) is 14.3 Å². The summed E-state index contributed by atoms with van der Waals surface area (Å²) in [5.74, 6) is -1.38. The Morgan fingerprint density at radius 1 is 1.13 bits per heavy atom. The van der Waals surface area contributed by atoms with Crippen molar-refractivity contribution in [2.45, 2.75) is 19.4 Å². The largest absolute Gasteiger partial charge is 0.507 e. The molecule has 2 aliphatic heterocycles. The molecule has 7 nitrogen and oxygen atoms in total. The van der Waals surface area contributed by atoms with Crippen molar-refractivity contribution in [1.82, 2.24) is 14.8 Å². The van der Waals surface area contributed by atoms with Crippen molar-refractivity contribution < 1.29 is 19.4 Å². The molecule has 0 saturated carbocycles. The van der Waals surface area contributed by atoms with Crippen molar-refractivity contribution in [2.75, 3.05) is 39.4 Å². The Kier molecular flexibility index (Phi) is 6.44. The van der Waals surface area contributed by atoms with Crippen molar-refractivity contribution in [3.8, 4) is 0 Å². The van der Waals surface area contributed by atoms with E-state index in [9.17, 15) is 14.7 Å². The highest BCUT2D eigenvalue weighted by atomic mass is 16.5. The molecule has 1 N–H and O–H groups in total. The first-order valence-electron chi connectivity index (χ1n) is 10.6. The third kappa shape index (κ3) is 4.52. The molecule has 2 aromatic rings. The van der Waals surface area contributed by atoms with E-state index >= 15 is 0 Å². The monoisotopic (exact) mass is 421 g/mol. The number of amides is 1. The Hall–Kier alpha value is -3.03. The minimum atomic E-state index is -0.654. The first kappa shape index (κ1) is 21.2. The summed E-state index contributed by atoms with van der Waals surface area (Å²) >= 11 is 0. The van der Waals surface area contributed by atoms with Gasteiger partial charge in [-0.15, -0.1) is 0 Å². The van der Waals surface area contributed by atoms with Crippen molar-refractivity contribution in [3.63, 3.8) is 0 Å². The van der Waals surface area contributed by atoms with Crippen LogP contribution in [-0.4, -0.2) is 71.0 Å². The number of likely N-dealkylation sites (tertiary alicyclic amines) is 1. The molecule has 31 heavy (non-hydrogen) atoms. The summed E-state index contributed by atoms with van der Waals surface area (Å²) in [7, 11) is 0. The number of carbonyl (C=O) groups excluding carboxylic acids is 2. The van der Waals surface area contributed by atoms with Gasteiger partial charge in [-0.2, -0.15) is 0 Å². The molecule has 7 heteroatoms. The molecule has 1 aromatic carbocycles. The zero-order valence-electron chi connectivity index (χ0n) is 17.7. The zero-order chi connectivity index (χ0) is 21.8. The molecule has 162 valence electrons. The van der Waals surface area contributed by atoms with Gasteiger partial charge in [0, 0.05) is 44.1 Å². The third-order valence-electron chi connectivity index (χ3n) is 5.84. The van der Waals surface area contributed by atoms with Gasteiger partial charge in [0.2, 0.25) is 0 Å². The molecular weight excluding hydrogens is 394 g/mol. The van der Waals surface area contributed by atoms with Crippen LogP contribution in [0.4, 0.5) is 0 Å². The molecule has 1 amide bonds. The molecule has 1 atom stereocenters. The van der Waals surface area contributed by atoms with Crippen LogP contribution in [0.5, 0.6) is 0 Å². The maximum atomic E-state index is 13.0. The lowest BCUT2D eigenvalue weighted by atomic mass is 9.96. The molecule has 0 unspecified atom stereocenters. The number of aliphatic hydroxyl groups is 1. The van der Waals surface area contributed by atoms with Crippen LogP contribution in [0.15, 0.2) is 54.4 Å². The number of hydrogen-bond donors (Lipinski definition) is 1. The van der Waals surface area contributed by atoms with Gasteiger partial charge in [-0.3, -0.25) is 19.5 Å². The fraction of sp³-hybridized carbons (Fsp3) is 0.375. The van der Waals surface area contributed by atoms with E-state index in [0.29, 0.717) is 17.7 Å². The number of carbonyl (C=O) groups is 2. The second-order valence-electron chi connectivity index (χ2n) is 7.95. The summed E-state index contributed by atoms with van der Waals surface area (Å²) in [6, 6.07) is 10.2. The highest BCUT2D eigenvalue weighted by molar-refractivity contribution is 6.46.